The number of carbonyl (C=O) groups is 1. The third kappa shape index (κ3) is 4.47. The summed E-state index contributed by atoms with van der Waals surface area (Å²) in [5.41, 5.74) is 6.50. The monoisotopic (exact) mass is 263 g/mol. The number of aromatic nitrogens is 1. The van der Waals surface area contributed by atoms with Gasteiger partial charge in [-0.3, -0.25) is 4.79 Å². The van der Waals surface area contributed by atoms with Gasteiger partial charge in [0.15, 0.2) is 0 Å². The zero-order valence-electron chi connectivity index (χ0n) is 9.74. The maximum Gasteiger partial charge on any atom is 0.236 e. The van der Waals surface area contributed by atoms with Crippen LogP contribution in [0.1, 0.15) is 22.5 Å². The van der Waals surface area contributed by atoms with Gasteiger partial charge in [-0.25, -0.2) is 4.98 Å². The maximum absolute atomic E-state index is 11.2. The Morgan fingerprint density at radius 1 is 1.56 bits per heavy atom. The van der Waals surface area contributed by atoms with Crippen LogP contribution in [-0.2, 0) is 11.2 Å². The molecule has 1 amide bonds. The Kier molecular flexibility index (Phi) is 6.55. The Morgan fingerprint density at radius 2 is 2.19 bits per heavy atom. The van der Waals surface area contributed by atoms with Crippen molar-refractivity contribution >= 4 is 29.7 Å². The largest absolute Gasteiger partial charge is 0.354 e. The molecule has 0 aliphatic rings. The molecule has 0 aliphatic heterocycles. The van der Waals surface area contributed by atoms with Crippen molar-refractivity contribution in [1.82, 2.24) is 10.3 Å². The van der Waals surface area contributed by atoms with Gasteiger partial charge in [-0.2, -0.15) is 0 Å². The van der Waals surface area contributed by atoms with E-state index in [1.54, 1.807) is 18.3 Å². The van der Waals surface area contributed by atoms with Crippen LogP contribution in [0.5, 0.6) is 0 Å². The van der Waals surface area contributed by atoms with Gasteiger partial charge < -0.3 is 11.1 Å². The molecule has 6 heteroatoms. The van der Waals surface area contributed by atoms with Crippen molar-refractivity contribution in [3.63, 3.8) is 0 Å². The van der Waals surface area contributed by atoms with Crippen molar-refractivity contribution < 1.29 is 4.79 Å². The highest BCUT2D eigenvalue weighted by molar-refractivity contribution is 7.11. The number of aryl methyl sites for hydroxylation is 2. The molecule has 0 fully saturated rings. The molecule has 1 rings (SSSR count). The van der Waals surface area contributed by atoms with Crippen molar-refractivity contribution in [3.8, 4) is 0 Å². The van der Waals surface area contributed by atoms with Gasteiger partial charge in [0.05, 0.1) is 16.7 Å². The Labute approximate surface area is 106 Å². The molecule has 1 heterocycles. The van der Waals surface area contributed by atoms with Crippen LogP contribution in [-0.4, -0.2) is 23.5 Å². The molecule has 92 valence electrons. The first kappa shape index (κ1) is 15.3. The Morgan fingerprint density at radius 3 is 2.62 bits per heavy atom. The Hall–Kier alpha value is -0.650. The molecule has 0 radical (unpaired) electrons. The zero-order chi connectivity index (χ0) is 11.4. The van der Waals surface area contributed by atoms with E-state index in [9.17, 15) is 4.79 Å². The van der Waals surface area contributed by atoms with Gasteiger partial charge in [-0.1, -0.05) is 0 Å². The Bertz CT molecular complexity index is 332. The molecule has 0 saturated heterocycles. The molecule has 16 heavy (non-hydrogen) atoms. The van der Waals surface area contributed by atoms with Crippen molar-refractivity contribution in [3.05, 3.63) is 15.6 Å². The van der Waals surface area contributed by atoms with Gasteiger partial charge in [0.25, 0.3) is 0 Å². The summed E-state index contributed by atoms with van der Waals surface area (Å²) in [6.45, 7) is 6.33. The van der Waals surface area contributed by atoms with Gasteiger partial charge in [-0.15, -0.1) is 23.7 Å². The van der Waals surface area contributed by atoms with Crippen LogP contribution in [0.25, 0.3) is 0 Å². The van der Waals surface area contributed by atoms with Crippen LogP contribution >= 0.6 is 23.7 Å². The van der Waals surface area contributed by atoms with Crippen molar-refractivity contribution in [2.75, 3.05) is 6.54 Å². The lowest BCUT2D eigenvalue weighted by atomic mass is 10.3. The smallest absolute Gasteiger partial charge is 0.236 e. The lowest BCUT2D eigenvalue weighted by Gasteiger charge is -2.05. The number of carbonyl (C=O) groups excluding carboxylic acids is 1. The second kappa shape index (κ2) is 6.83. The molecular formula is C10H18ClN3OS. The molecule has 1 unspecified atom stereocenters. The molecule has 1 atom stereocenters. The molecule has 1 aromatic heterocycles. The Balaban J connectivity index is 0.00000225. The van der Waals surface area contributed by atoms with Crippen molar-refractivity contribution in [2.24, 2.45) is 5.73 Å². The van der Waals surface area contributed by atoms with E-state index in [1.807, 2.05) is 6.92 Å². The van der Waals surface area contributed by atoms with E-state index in [1.165, 1.54) is 4.88 Å². The van der Waals surface area contributed by atoms with E-state index in [0.717, 1.165) is 17.1 Å². The first-order chi connectivity index (χ1) is 7.00. The lowest BCUT2D eigenvalue weighted by molar-refractivity contribution is -0.121. The standard InChI is InChI=1S/C10H17N3OS.ClH/c1-6(11)10(14)12-5-4-9-13-7(2)8(3)15-9;/h6H,4-5,11H2,1-3H3,(H,12,14);1H. The number of hydrogen-bond donors (Lipinski definition) is 2. The quantitative estimate of drug-likeness (QED) is 0.857. The van der Waals surface area contributed by atoms with Crippen LogP contribution in [0, 0.1) is 13.8 Å². The fraction of sp³-hybridized carbons (Fsp3) is 0.600. The van der Waals surface area contributed by atoms with Crippen molar-refractivity contribution in [2.45, 2.75) is 33.2 Å². The number of rotatable bonds is 4. The minimum Gasteiger partial charge on any atom is -0.354 e. The number of hydrogen-bond acceptors (Lipinski definition) is 4. The summed E-state index contributed by atoms with van der Waals surface area (Å²) in [7, 11) is 0. The molecule has 4 nitrogen and oxygen atoms in total. The van der Waals surface area contributed by atoms with Gasteiger partial charge in [0.2, 0.25) is 5.91 Å². The summed E-state index contributed by atoms with van der Waals surface area (Å²) in [5, 5.41) is 3.83. The van der Waals surface area contributed by atoms with E-state index in [2.05, 4.69) is 17.2 Å². The van der Waals surface area contributed by atoms with Gasteiger partial charge in [-0.05, 0) is 20.8 Å². The van der Waals surface area contributed by atoms with Crippen LogP contribution in [0.2, 0.25) is 0 Å². The molecule has 0 aliphatic carbocycles. The van der Waals surface area contributed by atoms with E-state index < -0.39 is 6.04 Å². The molecular weight excluding hydrogens is 246 g/mol. The topological polar surface area (TPSA) is 68.0 Å². The van der Waals surface area contributed by atoms with Crippen LogP contribution in [0.4, 0.5) is 0 Å². The number of halogens is 1. The summed E-state index contributed by atoms with van der Waals surface area (Å²) in [5.74, 6) is -0.111. The first-order valence-electron chi connectivity index (χ1n) is 4.97. The minimum atomic E-state index is -0.440. The fourth-order valence-corrected chi connectivity index (χ4v) is 2.03. The average Bonchev–Trinajstić information content (AvgIpc) is 2.46. The van der Waals surface area contributed by atoms with Gasteiger partial charge >= 0.3 is 0 Å². The molecule has 0 spiro atoms. The fourth-order valence-electron chi connectivity index (χ4n) is 1.10. The molecule has 0 aromatic carbocycles. The molecule has 0 bridgehead atoms. The summed E-state index contributed by atoms with van der Waals surface area (Å²) in [4.78, 5) is 16.8. The second-order valence-electron chi connectivity index (χ2n) is 3.58. The third-order valence-corrected chi connectivity index (χ3v) is 3.26. The number of nitrogens with two attached hydrogens (primary N) is 1. The second-order valence-corrected chi connectivity index (χ2v) is 4.87. The third-order valence-electron chi connectivity index (χ3n) is 2.12. The minimum absolute atomic E-state index is 0. The number of amides is 1. The van der Waals surface area contributed by atoms with E-state index in [-0.39, 0.29) is 18.3 Å². The van der Waals surface area contributed by atoms with Crippen LogP contribution in [0.15, 0.2) is 0 Å². The van der Waals surface area contributed by atoms with Gasteiger partial charge in [0.1, 0.15) is 0 Å². The van der Waals surface area contributed by atoms with Gasteiger partial charge in [0, 0.05) is 17.8 Å². The summed E-state index contributed by atoms with van der Waals surface area (Å²) in [6, 6.07) is -0.440. The number of nitrogens with one attached hydrogen (secondary N) is 1. The summed E-state index contributed by atoms with van der Waals surface area (Å²) < 4.78 is 0. The van der Waals surface area contributed by atoms with Crippen LogP contribution < -0.4 is 11.1 Å². The maximum atomic E-state index is 11.2. The van der Waals surface area contributed by atoms with E-state index in [0.29, 0.717) is 6.54 Å². The zero-order valence-corrected chi connectivity index (χ0v) is 11.4. The highest BCUT2D eigenvalue weighted by Gasteiger charge is 2.07. The molecule has 3 N–H and O–H groups in total. The highest BCUT2D eigenvalue weighted by atomic mass is 35.5. The lowest BCUT2D eigenvalue weighted by Crippen LogP contribution is -2.39. The number of thiazole rings is 1. The molecule has 0 saturated carbocycles. The summed E-state index contributed by atoms with van der Waals surface area (Å²) in [6.07, 6.45) is 0.776. The predicted molar refractivity (Wildman–Crippen MR) is 69.2 cm³/mol. The predicted octanol–water partition coefficient (Wildman–Crippen LogP) is 1.19. The average molecular weight is 264 g/mol. The summed E-state index contributed by atoms with van der Waals surface area (Å²) >= 11 is 1.68. The normalized spacial score (nSPS) is 11.8. The van der Waals surface area contributed by atoms with Crippen molar-refractivity contribution in [1.29, 1.82) is 0 Å². The first-order valence-corrected chi connectivity index (χ1v) is 5.78. The highest BCUT2D eigenvalue weighted by Crippen LogP contribution is 2.16. The number of nitrogens with zero attached hydrogens (tertiary/aromatic N) is 1. The SMILES string of the molecule is Cc1nc(CCNC(=O)C(C)N)sc1C.Cl. The molecule has 1 aromatic rings. The van der Waals surface area contributed by atoms with E-state index in [4.69, 9.17) is 5.73 Å². The van der Waals surface area contributed by atoms with Crippen LogP contribution in [0.3, 0.4) is 0 Å². The van der Waals surface area contributed by atoms with E-state index >= 15 is 0 Å².